The molecule has 5 nitrogen and oxygen atoms in total. The largest absolute Gasteiger partial charge is 0.448 e. The van der Waals surface area contributed by atoms with Crippen molar-refractivity contribution in [2.75, 3.05) is 6.54 Å². The first-order valence-corrected chi connectivity index (χ1v) is 6.03. The van der Waals surface area contributed by atoms with Gasteiger partial charge in [-0.15, -0.1) is 0 Å². The van der Waals surface area contributed by atoms with E-state index in [1.54, 1.807) is 0 Å². The Bertz CT molecular complexity index is 400. The molecule has 1 aliphatic heterocycles. The van der Waals surface area contributed by atoms with Gasteiger partial charge in [0.2, 0.25) is 0 Å². The van der Waals surface area contributed by atoms with E-state index in [-0.39, 0.29) is 6.03 Å². The van der Waals surface area contributed by atoms with Crippen molar-refractivity contribution in [3.63, 3.8) is 0 Å². The van der Waals surface area contributed by atoms with E-state index < -0.39 is 0 Å². The number of amides is 2. The molecule has 1 aromatic rings. The van der Waals surface area contributed by atoms with Gasteiger partial charge in [-0.05, 0) is 19.3 Å². The smallest absolute Gasteiger partial charge is 0.317 e. The summed E-state index contributed by atoms with van der Waals surface area (Å²) in [5, 5.41) is 2.88. The van der Waals surface area contributed by atoms with Gasteiger partial charge in [-0.2, -0.15) is 0 Å². The molecule has 1 aliphatic rings. The van der Waals surface area contributed by atoms with E-state index in [9.17, 15) is 4.79 Å². The van der Waals surface area contributed by atoms with E-state index in [4.69, 9.17) is 4.42 Å². The predicted molar refractivity (Wildman–Crippen MR) is 63.4 cm³/mol. The highest BCUT2D eigenvalue weighted by atomic mass is 16.3. The SMILES string of the molecule is Cc1ocnc1CNC(=O)N1CCC1C(C)C. The zero-order valence-corrected chi connectivity index (χ0v) is 10.6. The lowest BCUT2D eigenvalue weighted by Crippen LogP contribution is -2.56. The zero-order chi connectivity index (χ0) is 12.4. The molecule has 0 aliphatic carbocycles. The quantitative estimate of drug-likeness (QED) is 0.873. The van der Waals surface area contributed by atoms with Crippen molar-refractivity contribution in [3.05, 3.63) is 17.8 Å². The maximum atomic E-state index is 11.9. The number of rotatable bonds is 3. The molecule has 0 bridgehead atoms. The minimum absolute atomic E-state index is 0.00245. The summed E-state index contributed by atoms with van der Waals surface area (Å²) in [7, 11) is 0. The molecule has 17 heavy (non-hydrogen) atoms. The average molecular weight is 237 g/mol. The summed E-state index contributed by atoms with van der Waals surface area (Å²) >= 11 is 0. The van der Waals surface area contributed by atoms with Gasteiger partial charge in [0.05, 0.1) is 6.54 Å². The fourth-order valence-electron chi connectivity index (χ4n) is 2.11. The standard InChI is InChI=1S/C12H19N3O2/c1-8(2)11-4-5-15(11)12(16)13-6-10-9(3)17-7-14-10/h7-8,11H,4-6H2,1-3H3,(H,13,16). The monoisotopic (exact) mass is 237 g/mol. The number of nitrogens with one attached hydrogen (secondary N) is 1. The van der Waals surface area contributed by atoms with Crippen molar-refractivity contribution in [1.82, 2.24) is 15.2 Å². The number of aryl methyl sites for hydroxylation is 1. The van der Waals surface area contributed by atoms with Gasteiger partial charge in [0, 0.05) is 12.6 Å². The Labute approximate surface area is 101 Å². The third kappa shape index (κ3) is 2.43. The maximum absolute atomic E-state index is 11.9. The molecule has 1 aromatic heterocycles. The summed E-state index contributed by atoms with van der Waals surface area (Å²) in [6.45, 7) is 7.42. The number of carbonyl (C=O) groups is 1. The van der Waals surface area contributed by atoms with Crippen LogP contribution in [0.5, 0.6) is 0 Å². The second kappa shape index (κ2) is 4.77. The van der Waals surface area contributed by atoms with Crippen molar-refractivity contribution < 1.29 is 9.21 Å². The van der Waals surface area contributed by atoms with Gasteiger partial charge in [0.1, 0.15) is 11.5 Å². The molecule has 0 spiro atoms. The summed E-state index contributed by atoms with van der Waals surface area (Å²) in [5.41, 5.74) is 0.792. The van der Waals surface area contributed by atoms with Crippen LogP contribution in [0.1, 0.15) is 31.7 Å². The Morgan fingerprint density at radius 3 is 2.94 bits per heavy atom. The van der Waals surface area contributed by atoms with Crippen molar-refractivity contribution in [1.29, 1.82) is 0 Å². The maximum Gasteiger partial charge on any atom is 0.317 e. The van der Waals surface area contributed by atoms with E-state index in [0.717, 1.165) is 24.4 Å². The number of oxazole rings is 1. The Balaban J connectivity index is 1.84. The third-order valence-corrected chi connectivity index (χ3v) is 3.35. The van der Waals surface area contributed by atoms with E-state index in [2.05, 4.69) is 24.1 Å². The summed E-state index contributed by atoms with van der Waals surface area (Å²) in [5.74, 6) is 1.28. The minimum Gasteiger partial charge on any atom is -0.448 e. The molecule has 0 saturated carbocycles. The van der Waals surface area contributed by atoms with Gasteiger partial charge in [-0.25, -0.2) is 9.78 Å². The molecule has 1 atom stereocenters. The molecule has 2 amide bonds. The van der Waals surface area contributed by atoms with Crippen molar-refractivity contribution in [2.45, 2.75) is 39.8 Å². The molecule has 1 fully saturated rings. The fraction of sp³-hybridized carbons (Fsp3) is 0.667. The van der Waals surface area contributed by atoms with Crippen LogP contribution in [0, 0.1) is 12.8 Å². The topological polar surface area (TPSA) is 58.4 Å². The van der Waals surface area contributed by atoms with Crippen LogP contribution in [-0.4, -0.2) is 28.5 Å². The summed E-state index contributed by atoms with van der Waals surface area (Å²) in [6, 6.07) is 0.380. The lowest BCUT2D eigenvalue weighted by atomic mass is 9.92. The number of carbonyl (C=O) groups excluding carboxylic acids is 1. The van der Waals surface area contributed by atoms with Crippen LogP contribution < -0.4 is 5.32 Å². The second-order valence-electron chi connectivity index (χ2n) is 4.81. The van der Waals surface area contributed by atoms with Crippen molar-refractivity contribution in [2.24, 2.45) is 5.92 Å². The van der Waals surface area contributed by atoms with Gasteiger partial charge >= 0.3 is 6.03 Å². The molecule has 0 aromatic carbocycles. The van der Waals surface area contributed by atoms with Gasteiger partial charge < -0.3 is 14.6 Å². The Morgan fingerprint density at radius 1 is 1.71 bits per heavy atom. The van der Waals surface area contributed by atoms with E-state index >= 15 is 0 Å². The van der Waals surface area contributed by atoms with E-state index in [0.29, 0.717) is 18.5 Å². The number of nitrogens with zero attached hydrogens (tertiary/aromatic N) is 2. The third-order valence-electron chi connectivity index (χ3n) is 3.35. The highest BCUT2D eigenvalue weighted by Gasteiger charge is 2.33. The van der Waals surface area contributed by atoms with Gasteiger partial charge in [0.25, 0.3) is 0 Å². The number of urea groups is 1. The lowest BCUT2D eigenvalue weighted by Gasteiger charge is -2.43. The van der Waals surface area contributed by atoms with Crippen molar-refractivity contribution >= 4 is 6.03 Å². The van der Waals surface area contributed by atoms with Crippen LogP contribution in [0.25, 0.3) is 0 Å². The van der Waals surface area contributed by atoms with Crippen LogP contribution in [-0.2, 0) is 6.54 Å². The first-order valence-electron chi connectivity index (χ1n) is 6.03. The summed E-state index contributed by atoms with van der Waals surface area (Å²) < 4.78 is 5.08. The van der Waals surface area contributed by atoms with Gasteiger partial charge in [0.15, 0.2) is 6.39 Å². The Morgan fingerprint density at radius 2 is 2.47 bits per heavy atom. The van der Waals surface area contributed by atoms with Crippen LogP contribution >= 0.6 is 0 Å². The van der Waals surface area contributed by atoms with Crippen LogP contribution in [0.2, 0.25) is 0 Å². The molecular formula is C12H19N3O2. The average Bonchev–Trinajstić information content (AvgIpc) is 2.58. The zero-order valence-electron chi connectivity index (χ0n) is 10.6. The molecule has 2 heterocycles. The first kappa shape index (κ1) is 12.0. The number of hydrogen-bond donors (Lipinski definition) is 1. The molecule has 1 unspecified atom stereocenters. The van der Waals surface area contributed by atoms with Gasteiger partial charge in [-0.3, -0.25) is 0 Å². The Hall–Kier alpha value is -1.52. The van der Waals surface area contributed by atoms with Gasteiger partial charge in [-0.1, -0.05) is 13.8 Å². The normalized spacial score (nSPS) is 19.3. The predicted octanol–water partition coefficient (Wildman–Crippen LogP) is 1.92. The summed E-state index contributed by atoms with van der Waals surface area (Å²) in [4.78, 5) is 17.8. The summed E-state index contributed by atoms with van der Waals surface area (Å²) in [6.07, 6.45) is 2.51. The molecule has 2 rings (SSSR count). The fourth-order valence-corrected chi connectivity index (χ4v) is 2.11. The van der Waals surface area contributed by atoms with E-state index in [1.165, 1.54) is 6.39 Å². The van der Waals surface area contributed by atoms with Crippen LogP contribution in [0.3, 0.4) is 0 Å². The first-order chi connectivity index (χ1) is 8.09. The lowest BCUT2D eigenvalue weighted by molar-refractivity contribution is 0.0860. The molecular weight excluding hydrogens is 218 g/mol. The highest BCUT2D eigenvalue weighted by molar-refractivity contribution is 5.75. The highest BCUT2D eigenvalue weighted by Crippen LogP contribution is 2.24. The van der Waals surface area contributed by atoms with Crippen molar-refractivity contribution in [3.8, 4) is 0 Å². The number of aromatic nitrogens is 1. The van der Waals surface area contributed by atoms with Crippen LogP contribution in [0.15, 0.2) is 10.8 Å². The number of likely N-dealkylation sites (tertiary alicyclic amines) is 1. The Kier molecular flexibility index (Phi) is 3.36. The number of hydrogen-bond acceptors (Lipinski definition) is 3. The molecule has 5 heteroatoms. The second-order valence-corrected chi connectivity index (χ2v) is 4.81. The van der Waals surface area contributed by atoms with Crippen LogP contribution in [0.4, 0.5) is 4.79 Å². The molecule has 94 valence electrons. The minimum atomic E-state index is -0.00245. The molecule has 0 radical (unpaired) electrons. The molecule has 1 N–H and O–H groups in total. The molecule has 1 saturated heterocycles. The van der Waals surface area contributed by atoms with E-state index in [1.807, 2.05) is 11.8 Å².